The predicted octanol–water partition coefficient (Wildman–Crippen LogP) is 1.89. The van der Waals surface area contributed by atoms with Crippen molar-refractivity contribution in [1.82, 2.24) is 9.88 Å². The summed E-state index contributed by atoms with van der Waals surface area (Å²) < 4.78 is 1.37. The number of carboxylic acids is 1. The Morgan fingerprint density at radius 1 is 1.31 bits per heavy atom. The lowest BCUT2D eigenvalue weighted by Crippen LogP contribution is -2.43. The minimum atomic E-state index is -1.18. The first kappa shape index (κ1) is 22.2. The van der Waals surface area contributed by atoms with Gasteiger partial charge in [-0.1, -0.05) is 23.7 Å². The number of benzene rings is 1. The first-order chi connectivity index (χ1) is 13.8. The Morgan fingerprint density at radius 2 is 2.07 bits per heavy atom. The standard InChI is InChI=1S/C20H23ClN4O4/c1-13(22)23-9-3-8-17(20(28)29)24-18(26)16-7-4-10-25(19(16)27)12-14-5-2-6-15(21)11-14/h2,4-7,10-11,17H,3,8-9,12H2,1H3,(H2,22,23)(H,24,26)(H,28,29)/t17-/m0/s1. The van der Waals surface area contributed by atoms with Gasteiger partial charge in [-0.05, 0) is 49.6 Å². The second-order valence-electron chi connectivity index (χ2n) is 6.51. The quantitative estimate of drug-likeness (QED) is 0.325. The molecule has 2 aromatic rings. The summed E-state index contributed by atoms with van der Waals surface area (Å²) in [6.45, 7) is 2.24. The van der Waals surface area contributed by atoms with Crippen LogP contribution in [0.4, 0.5) is 0 Å². The summed E-state index contributed by atoms with van der Waals surface area (Å²) in [6, 6.07) is 8.85. The number of nitrogens with zero attached hydrogens (tertiary/aromatic N) is 2. The molecule has 0 fully saturated rings. The van der Waals surface area contributed by atoms with Gasteiger partial charge in [-0.25, -0.2) is 4.79 Å². The second kappa shape index (κ2) is 10.4. The van der Waals surface area contributed by atoms with Crippen LogP contribution in [-0.4, -0.2) is 40.0 Å². The van der Waals surface area contributed by atoms with Crippen molar-refractivity contribution in [2.24, 2.45) is 10.7 Å². The number of amides is 1. The van der Waals surface area contributed by atoms with E-state index in [1.54, 1.807) is 37.4 Å². The van der Waals surface area contributed by atoms with Crippen molar-refractivity contribution in [2.45, 2.75) is 32.4 Å². The molecule has 0 spiro atoms. The highest BCUT2D eigenvalue weighted by atomic mass is 35.5. The Labute approximate surface area is 173 Å². The molecule has 1 aromatic carbocycles. The van der Waals surface area contributed by atoms with Crippen molar-refractivity contribution in [3.63, 3.8) is 0 Å². The van der Waals surface area contributed by atoms with E-state index in [0.717, 1.165) is 5.56 Å². The first-order valence-electron chi connectivity index (χ1n) is 9.02. The molecule has 2 rings (SSSR count). The van der Waals surface area contributed by atoms with E-state index in [9.17, 15) is 19.5 Å². The number of pyridine rings is 1. The summed E-state index contributed by atoms with van der Waals surface area (Å²) in [5, 5.41) is 12.3. The molecule has 1 heterocycles. The number of aliphatic imine (C=N–C) groups is 1. The zero-order chi connectivity index (χ0) is 21.4. The minimum absolute atomic E-state index is 0.128. The molecule has 1 atom stereocenters. The van der Waals surface area contributed by atoms with Crippen LogP contribution in [0.15, 0.2) is 52.4 Å². The van der Waals surface area contributed by atoms with Gasteiger partial charge in [-0.2, -0.15) is 0 Å². The van der Waals surface area contributed by atoms with Crippen molar-refractivity contribution in [3.05, 3.63) is 69.1 Å². The molecule has 0 aliphatic carbocycles. The Kier molecular flexibility index (Phi) is 7.97. The number of carboxylic acid groups (broad SMARTS) is 1. The van der Waals surface area contributed by atoms with Gasteiger partial charge in [0.25, 0.3) is 11.5 Å². The topological polar surface area (TPSA) is 127 Å². The number of hydrogen-bond donors (Lipinski definition) is 3. The molecule has 0 aliphatic rings. The SMILES string of the molecule is CC(N)=NCCC[C@H](NC(=O)c1cccn(Cc2cccc(Cl)c2)c1=O)C(=O)O. The monoisotopic (exact) mass is 418 g/mol. The lowest BCUT2D eigenvalue weighted by molar-refractivity contribution is -0.139. The fourth-order valence-electron chi connectivity index (χ4n) is 2.71. The summed E-state index contributed by atoms with van der Waals surface area (Å²) in [5.41, 5.74) is 5.60. The molecule has 0 unspecified atom stereocenters. The lowest BCUT2D eigenvalue weighted by atomic mass is 10.1. The molecular weight excluding hydrogens is 396 g/mol. The van der Waals surface area contributed by atoms with Gasteiger partial charge in [0.05, 0.1) is 12.4 Å². The maximum atomic E-state index is 12.7. The first-order valence-corrected chi connectivity index (χ1v) is 9.40. The Balaban J connectivity index is 2.12. The molecule has 9 heteroatoms. The summed E-state index contributed by atoms with van der Waals surface area (Å²) in [7, 11) is 0. The summed E-state index contributed by atoms with van der Waals surface area (Å²) in [5.74, 6) is -1.51. The highest BCUT2D eigenvalue weighted by Crippen LogP contribution is 2.11. The number of hydrogen-bond acceptors (Lipinski definition) is 4. The number of nitrogens with two attached hydrogens (primary N) is 1. The molecule has 0 aliphatic heterocycles. The average molecular weight is 419 g/mol. The lowest BCUT2D eigenvalue weighted by Gasteiger charge is -2.14. The minimum Gasteiger partial charge on any atom is -0.480 e. The molecule has 29 heavy (non-hydrogen) atoms. The van der Waals surface area contributed by atoms with Crippen molar-refractivity contribution in [2.75, 3.05) is 6.54 Å². The predicted molar refractivity (Wildman–Crippen MR) is 112 cm³/mol. The van der Waals surface area contributed by atoms with Gasteiger partial charge in [0.1, 0.15) is 11.6 Å². The van der Waals surface area contributed by atoms with Gasteiger partial charge >= 0.3 is 5.97 Å². The Bertz CT molecular complexity index is 967. The number of halogens is 1. The Hall–Kier alpha value is -3.13. The number of amidine groups is 1. The number of nitrogens with one attached hydrogen (secondary N) is 1. The van der Waals surface area contributed by atoms with Crippen LogP contribution < -0.4 is 16.6 Å². The fraction of sp³-hybridized carbons (Fsp3) is 0.300. The van der Waals surface area contributed by atoms with E-state index in [0.29, 0.717) is 23.8 Å². The van der Waals surface area contributed by atoms with Crippen LogP contribution in [0.3, 0.4) is 0 Å². The number of aliphatic carboxylic acids is 1. The van der Waals surface area contributed by atoms with Crippen LogP contribution in [-0.2, 0) is 11.3 Å². The smallest absolute Gasteiger partial charge is 0.326 e. The van der Waals surface area contributed by atoms with Gasteiger partial charge in [0.15, 0.2) is 0 Å². The van der Waals surface area contributed by atoms with Gasteiger partial charge in [0, 0.05) is 17.8 Å². The average Bonchev–Trinajstić information content (AvgIpc) is 2.65. The van der Waals surface area contributed by atoms with Crippen molar-refractivity contribution < 1.29 is 14.7 Å². The van der Waals surface area contributed by atoms with Gasteiger partial charge in [0.2, 0.25) is 0 Å². The third-order valence-electron chi connectivity index (χ3n) is 4.12. The molecule has 1 aromatic heterocycles. The Morgan fingerprint density at radius 3 is 2.72 bits per heavy atom. The number of rotatable bonds is 9. The maximum absolute atomic E-state index is 12.7. The van der Waals surface area contributed by atoms with Crippen LogP contribution in [0, 0.1) is 0 Å². The summed E-state index contributed by atoms with van der Waals surface area (Å²) >= 11 is 5.97. The van der Waals surface area contributed by atoms with Crippen LogP contribution >= 0.6 is 11.6 Å². The van der Waals surface area contributed by atoms with Gasteiger partial charge in [-0.3, -0.25) is 14.6 Å². The maximum Gasteiger partial charge on any atom is 0.326 e. The van der Waals surface area contributed by atoms with Crippen LogP contribution in [0.2, 0.25) is 5.02 Å². The molecular formula is C20H23ClN4O4. The largest absolute Gasteiger partial charge is 0.480 e. The molecule has 1 amide bonds. The number of carbonyl (C=O) groups excluding carboxylic acids is 1. The van der Waals surface area contributed by atoms with Crippen LogP contribution in [0.25, 0.3) is 0 Å². The second-order valence-corrected chi connectivity index (χ2v) is 6.95. The van der Waals surface area contributed by atoms with E-state index in [-0.39, 0.29) is 18.5 Å². The van der Waals surface area contributed by atoms with E-state index in [1.165, 1.54) is 10.6 Å². The van der Waals surface area contributed by atoms with Crippen LogP contribution in [0.1, 0.15) is 35.7 Å². The zero-order valence-electron chi connectivity index (χ0n) is 16.0. The highest BCUT2D eigenvalue weighted by molar-refractivity contribution is 6.30. The van der Waals surface area contributed by atoms with E-state index in [4.69, 9.17) is 17.3 Å². The van der Waals surface area contributed by atoms with Crippen molar-refractivity contribution in [3.8, 4) is 0 Å². The van der Waals surface area contributed by atoms with E-state index < -0.39 is 23.5 Å². The van der Waals surface area contributed by atoms with Gasteiger partial charge < -0.3 is 20.7 Å². The number of carbonyl (C=O) groups is 2. The third-order valence-corrected chi connectivity index (χ3v) is 4.36. The third kappa shape index (κ3) is 6.76. The molecule has 4 N–H and O–H groups in total. The van der Waals surface area contributed by atoms with E-state index >= 15 is 0 Å². The molecule has 0 saturated carbocycles. The molecule has 8 nitrogen and oxygen atoms in total. The molecule has 0 saturated heterocycles. The zero-order valence-corrected chi connectivity index (χ0v) is 16.7. The van der Waals surface area contributed by atoms with E-state index in [1.807, 2.05) is 6.07 Å². The summed E-state index contributed by atoms with van der Waals surface area (Å²) in [4.78, 5) is 40.6. The molecule has 0 radical (unpaired) electrons. The van der Waals surface area contributed by atoms with E-state index in [2.05, 4.69) is 10.3 Å². The van der Waals surface area contributed by atoms with Crippen molar-refractivity contribution >= 4 is 29.3 Å². The van der Waals surface area contributed by atoms with Crippen molar-refractivity contribution in [1.29, 1.82) is 0 Å². The summed E-state index contributed by atoms with van der Waals surface area (Å²) in [6.07, 6.45) is 2.16. The number of aromatic nitrogens is 1. The van der Waals surface area contributed by atoms with Crippen LogP contribution in [0.5, 0.6) is 0 Å². The molecule has 154 valence electrons. The fourth-order valence-corrected chi connectivity index (χ4v) is 2.92. The normalized spacial score (nSPS) is 12.4. The molecule has 0 bridgehead atoms. The van der Waals surface area contributed by atoms with Gasteiger partial charge in [-0.15, -0.1) is 0 Å². The highest BCUT2D eigenvalue weighted by Gasteiger charge is 2.22.